The lowest BCUT2D eigenvalue weighted by atomic mass is 9.77. The number of hydrogen-bond acceptors (Lipinski definition) is 4. The average molecular weight is 354 g/mol. The minimum absolute atomic E-state index is 0.0651. The van der Waals surface area contributed by atoms with Crippen LogP contribution in [0.5, 0.6) is 0 Å². The molecule has 0 unspecified atom stereocenters. The molecular formula is C21H26N2O3. The molecule has 4 atom stereocenters. The van der Waals surface area contributed by atoms with Gasteiger partial charge >= 0.3 is 5.97 Å². The molecule has 26 heavy (non-hydrogen) atoms. The number of benzene rings is 1. The molecule has 1 saturated carbocycles. The van der Waals surface area contributed by atoms with Gasteiger partial charge in [0.15, 0.2) is 0 Å². The first-order chi connectivity index (χ1) is 12.5. The Balaban J connectivity index is 1.59. The second-order valence-electron chi connectivity index (χ2n) is 7.66. The smallest absolute Gasteiger partial charge is 0.311 e. The number of amides is 1. The van der Waals surface area contributed by atoms with Gasteiger partial charge in [-0.15, -0.1) is 0 Å². The highest BCUT2D eigenvalue weighted by Crippen LogP contribution is 2.36. The number of ether oxygens (including phenoxy) is 1. The van der Waals surface area contributed by atoms with Crippen molar-refractivity contribution in [3.05, 3.63) is 35.4 Å². The van der Waals surface area contributed by atoms with E-state index < -0.39 is 5.92 Å². The molecule has 0 spiro atoms. The van der Waals surface area contributed by atoms with Crippen LogP contribution in [0.4, 0.5) is 0 Å². The first-order valence-electron chi connectivity index (χ1n) is 9.45. The summed E-state index contributed by atoms with van der Waals surface area (Å²) in [6, 6.07) is 9.42. The van der Waals surface area contributed by atoms with E-state index in [1.54, 1.807) is 18.2 Å². The van der Waals surface area contributed by atoms with Crippen molar-refractivity contribution in [2.45, 2.75) is 52.2 Å². The van der Waals surface area contributed by atoms with E-state index in [1.807, 2.05) is 11.0 Å². The second-order valence-corrected chi connectivity index (χ2v) is 7.66. The van der Waals surface area contributed by atoms with E-state index in [1.165, 1.54) is 6.42 Å². The summed E-state index contributed by atoms with van der Waals surface area (Å²) < 4.78 is 5.42. The van der Waals surface area contributed by atoms with Crippen molar-refractivity contribution >= 4 is 11.9 Å². The highest BCUT2D eigenvalue weighted by molar-refractivity contribution is 5.87. The van der Waals surface area contributed by atoms with E-state index in [9.17, 15) is 9.59 Å². The number of likely N-dealkylation sites (tertiary alicyclic amines) is 1. The normalized spacial score (nSPS) is 28.7. The Morgan fingerprint density at radius 1 is 1.31 bits per heavy atom. The molecular weight excluding hydrogens is 328 g/mol. The number of nitriles is 1. The lowest BCUT2D eigenvalue weighted by Gasteiger charge is -2.39. The number of nitrogens with zero attached hydrogens (tertiary/aromatic N) is 2. The van der Waals surface area contributed by atoms with Crippen molar-refractivity contribution in [1.82, 2.24) is 4.90 Å². The van der Waals surface area contributed by atoms with E-state index >= 15 is 0 Å². The van der Waals surface area contributed by atoms with Crippen LogP contribution in [-0.4, -0.2) is 29.4 Å². The Morgan fingerprint density at radius 3 is 2.85 bits per heavy atom. The maximum atomic E-state index is 12.5. The van der Waals surface area contributed by atoms with Crippen LogP contribution in [0, 0.1) is 29.1 Å². The fourth-order valence-electron chi connectivity index (χ4n) is 4.23. The van der Waals surface area contributed by atoms with Gasteiger partial charge in [-0.2, -0.15) is 5.26 Å². The molecule has 5 nitrogen and oxygen atoms in total. The van der Waals surface area contributed by atoms with E-state index in [0.717, 1.165) is 12.8 Å². The second kappa shape index (κ2) is 7.90. The Morgan fingerprint density at radius 2 is 2.08 bits per heavy atom. The van der Waals surface area contributed by atoms with Crippen LogP contribution in [0.25, 0.3) is 0 Å². The fourth-order valence-corrected chi connectivity index (χ4v) is 4.23. The summed E-state index contributed by atoms with van der Waals surface area (Å²) in [5, 5.41) is 9.11. The van der Waals surface area contributed by atoms with Crippen LogP contribution >= 0.6 is 0 Å². The molecule has 0 N–H and O–H groups in total. The third-order valence-corrected chi connectivity index (χ3v) is 6.06. The van der Waals surface area contributed by atoms with E-state index in [0.29, 0.717) is 29.5 Å². The molecule has 1 aliphatic heterocycles. The SMILES string of the molecule is C[C@H]1[C@H](N2C[C@H](C(=O)OCc3ccccc3C#N)CC2=O)CCC[C@@H]1C. The number of hydrogen-bond donors (Lipinski definition) is 0. The molecule has 1 amide bonds. The molecule has 1 aromatic carbocycles. The van der Waals surface area contributed by atoms with Gasteiger partial charge in [-0.05, 0) is 24.3 Å². The number of rotatable bonds is 4. The van der Waals surface area contributed by atoms with Crippen molar-refractivity contribution in [3.63, 3.8) is 0 Å². The molecule has 1 saturated heterocycles. The standard InChI is InChI=1S/C21H26N2O3/c1-14-6-5-9-19(15(14)2)23-12-18(10-20(23)24)21(25)26-13-17-8-4-3-7-16(17)11-22/h3-4,7-8,14-15,18-19H,5-6,9-10,12-13H2,1-2H3/t14-,15+,18+,19+/m0/s1. The van der Waals surface area contributed by atoms with E-state index in [4.69, 9.17) is 10.00 Å². The summed E-state index contributed by atoms with van der Waals surface area (Å²) in [7, 11) is 0. The molecule has 0 bridgehead atoms. The van der Waals surface area contributed by atoms with Crippen molar-refractivity contribution in [2.24, 2.45) is 17.8 Å². The Labute approximate surface area is 154 Å². The summed E-state index contributed by atoms with van der Waals surface area (Å²) in [6.07, 6.45) is 3.61. The van der Waals surface area contributed by atoms with E-state index in [2.05, 4.69) is 19.9 Å². The number of carbonyl (C=O) groups excluding carboxylic acids is 2. The fraction of sp³-hybridized carbons (Fsp3) is 0.571. The minimum Gasteiger partial charge on any atom is -0.460 e. The van der Waals surface area contributed by atoms with Crippen LogP contribution in [0.1, 0.15) is 50.7 Å². The molecule has 2 aliphatic rings. The van der Waals surface area contributed by atoms with Crippen molar-refractivity contribution in [2.75, 3.05) is 6.54 Å². The summed E-state index contributed by atoms with van der Waals surface area (Å²) in [5.74, 6) is 0.390. The zero-order valence-electron chi connectivity index (χ0n) is 15.5. The van der Waals surface area contributed by atoms with Gasteiger partial charge in [-0.1, -0.05) is 44.9 Å². The van der Waals surface area contributed by atoms with Crippen LogP contribution in [0.2, 0.25) is 0 Å². The lowest BCUT2D eigenvalue weighted by molar-refractivity contribution is -0.149. The van der Waals surface area contributed by atoms with Gasteiger partial charge in [0.25, 0.3) is 0 Å². The van der Waals surface area contributed by atoms with Crippen molar-refractivity contribution in [1.29, 1.82) is 5.26 Å². The van der Waals surface area contributed by atoms with Crippen LogP contribution in [0.3, 0.4) is 0 Å². The average Bonchev–Trinajstić information content (AvgIpc) is 3.04. The van der Waals surface area contributed by atoms with Gasteiger partial charge < -0.3 is 9.64 Å². The predicted molar refractivity (Wildman–Crippen MR) is 96.7 cm³/mol. The van der Waals surface area contributed by atoms with E-state index in [-0.39, 0.29) is 30.9 Å². The molecule has 138 valence electrons. The van der Waals surface area contributed by atoms with Gasteiger partial charge in [0.1, 0.15) is 6.61 Å². The summed E-state index contributed by atoms with van der Waals surface area (Å²) in [5.41, 5.74) is 1.20. The first kappa shape index (κ1) is 18.4. The molecule has 0 aromatic heterocycles. The molecule has 1 heterocycles. The summed E-state index contributed by atoms with van der Waals surface area (Å²) in [4.78, 5) is 26.9. The maximum Gasteiger partial charge on any atom is 0.311 e. The monoisotopic (exact) mass is 354 g/mol. The third-order valence-electron chi connectivity index (χ3n) is 6.06. The zero-order chi connectivity index (χ0) is 18.7. The van der Waals surface area contributed by atoms with Gasteiger partial charge in [0.2, 0.25) is 5.91 Å². The topological polar surface area (TPSA) is 70.4 Å². The molecule has 0 radical (unpaired) electrons. The van der Waals surface area contributed by atoms with Crippen molar-refractivity contribution < 1.29 is 14.3 Å². The Bertz CT molecular complexity index is 724. The van der Waals surface area contributed by atoms with Gasteiger partial charge in [-0.25, -0.2) is 0 Å². The first-order valence-corrected chi connectivity index (χ1v) is 9.45. The van der Waals surface area contributed by atoms with Gasteiger partial charge in [-0.3, -0.25) is 9.59 Å². The highest BCUT2D eigenvalue weighted by Gasteiger charge is 2.42. The van der Waals surface area contributed by atoms with Crippen LogP contribution in [0.15, 0.2) is 24.3 Å². The number of carbonyl (C=O) groups is 2. The van der Waals surface area contributed by atoms with Crippen LogP contribution in [-0.2, 0) is 20.9 Å². The molecule has 1 aliphatic carbocycles. The third kappa shape index (κ3) is 3.75. The molecule has 2 fully saturated rings. The quantitative estimate of drug-likeness (QED) is 0.778. The zero-order valence-corrected chi connectivity index (χ0v) is 15.5. The van der Waals surface area contributed by atoms with Crippen LogP contribution < -0.4 is 0 Å². The molecule has 3 rings (SSSR count). The van der Waals surface area contributed by atoms with Gasteiger partial charge in [0.05, 0.1) is 17.6 Å². The molecule has 5 heteroatoms. The van der Waals surface area contributed by atoms with Crippen molar-refractivity contribution in [3.8, 4) is 6.07 Å². The maximum absolute atomic E-state index is 12.5. The predicted octanol–water partition coefficient (Wildman–Crippen LogP) is 3.27. The minimum atomic E-state index is -0.402. The number of esters is 1. The highest BCUT2D eigenvalue weighted by atomic mass is 16.5. The lowest BCUT2D eigenvalue weighted by Crippen LogP contribution is -2.45. The summed E-state index contributed by atoms with van der Waals surface area (Å²) >= 11 is 0. The summed E-state index contributed by atoms with van der Waals surface area (Å²) in [6.45, 7) is 4.99. The van der Waals surface area contributed by atoms with Gasteiger partial charge in [0, 0.05) is 24.6 Å². The largest absolute Gasteiger partial charge is 0.460 e. The molecule has 1 aromatic rings. The Kier molecular flexibility index (Phi) is 5.61. The Hall–Kier alpha value is -2.35.